The van der Waals surface area contributed by atoms with E-state index in [0.717, 1.165) is 41.2 Å². The Balaban J connectivity index is 1.44. The Bertz CT molecular complexity index is 1050. The molecule has 2 heterocycles. The van der Waals surface area contributed by atoms with E-state index in [1.807, 2.05) is 36.4 Å². The number of benzene rings is 3. The van der Waals surface area contributed by atoms with Gasteiger partial charge < -0.3 is 16.8 Å². The molecule has 4 heteroatoms. The lowest BCUT2D eigenvalue weighted by atomic mass is 10.00. The van der Waals surface area contributed by atoms with E-state index in [9.17, 15) is 0 Å². The number of anilines is 3. The van der Waals surface area contributed by atoms with Crippen molar-refractivity contribution in [3.63, 3.8) is 0 Å². The minimum Gasteiger partial charge on any atom is -0.399 e. The Morgan fingerprint density at radius 1 is 0.885 bits per heavy atom. The number of nitrogens with two attached hydrogens (primary N) is 2. The maximum absolute atomic E-state index is 5.94. The fourth-order valence-electron chi connectivity index (χ4n) is 3.91. The van der Waals surface area contributed by atoms with Gasteiger partial charge in [-0.3, -0.25) is 4.99 Å². The first kappa shape index (κ1) is 15.0. The predicted octanol–water partition coefficient (Wildman–Crippen LogP) is 4.24. The summed E-state index contributed by atoms with van der Waals surface area (Å²) in [7, 11) is 0. The molecule has 0 saturated carbocycles. The third-order valence-electron chi connectivity index (χ3n) is 5.20. The number of rotatable bonds is 2. The molecule has 2 aliphatic rings. The molecule has 2 aliphatic heterocycles. The molecule has 0 bridgehead atoms. The summed E-state index contributed by atoms with van der Waals surface area (Å²) in [6, 6.07) is 20.8. The van der Waals surface area contributed by atoms with Gasteiger partial charge in [-0.2, -0.15) is 0 Å². The van der Waals surface area contributed by atoms with Crippen molar-refractivity contribution in [2.45, 2.75) is 18.9 Å². The van der Waals surface area contributed by atoms with E-state index in [2.05, 4.69) is 29.6 Å². The van der Waals surface area contributed by atoms with Crippen LogP contribution in [0.5, 0.6) is 0 Å². The molecular weight excluding hydrogens is 320 g/mol. The molecule has 5 N–H and O–H groups in total. The zero-order valence-corrected chi connectivity index (χ0v) is 14.4. The summed E-state index contributed by atoms with van der Waals surface area (Å²) in [5.41, 5.74) is 21.7. The van der Waals surface area contributed by atoms with Crippen LogP contribution in [0.1, 0.15) is 28.3 Å². The van der Waals surface area contributed by atoms with E-state index < -0.39 is 0 Å². The summed E-state index contributed by atoms with van der Waals surface area (Å²) in [6.45, 7) is 0. The molecule has 0 amide bonds. The number of nitrogens with zero attached hydrogens (tertiary/aromatic N) is 1. The van der Waals surface area contributed by atoms with Crippen LogP contribution in [0.15, 0.2) is 65.7 Å². The molecular formula is C22H20N4. The summed E-state index contributed by atoms with van der Waals surface area (Å²) in [5.74, 6) is 0. The minimum absolute atomic E-state index is 0.272. The van der Waals surface area contributed by atoms with Gasteiger partial charge in [-0.05, 0) is 65.1 Å². The SMILES string of the molecule is Nc1cccc(C2=Nc3cc4c(cc3C2)NC(c2cccc(N)c2)C4)c1. The van der Waals surface area contributed by atoms with Gasteiger partial charge in [0.15, 0.2) is 0 Å². The number of nitrogens with one attached hydrogen (secondary N) is 1. The molecule has 5 rings (SSSR count). The second-order valence-corrected chi connectivity index (χ2v) is 7.07. The molecule has 3 aromatic carbocycles. The van der Waals surface area contributed by atoms with E-state index in [1.54, 1.807) is 0 Å². The first-order valence-electron chi connectivity index (χ1n) is 8.87. The van der Waals surface area contributed by atoms with Crippen LogP contribution < -0.4 is 16.8 Å². The number of hydrogen-bond donors (Lipinski definition) is 3. The Labute approximate surface area is 152 Å². The van der Waals surface area contributed by atoms with Crippen molar-refractivity contribution < 1.29 is 0 Å². The molecule has 128 valence electrons. The van der Waals surface area contributed by atoms with Crippen molar-refractivity contribution in [2.75, 3.05) is 16.8 Å². The fourth-order valence-corrected chi connectivity index (χ4v) is 3.91. The highest BCUT2D eigenvalue weighted by Gasteiger charge is 2.26. The third kappa shape index (κ3) is 2.51. The van der Waals surface area contributed by atoms with Crippen molar-refractivity contribution in [3.05, 3.63) is 82.9 Å². The molecule has 3 aromatic rings. The summed E-state index contributed by atoms with van der Waals surface area (Å²) in [6.07, 6.45) is 1.80. The van der Waals surface area contributed by atoms with Crippen molar-refractivity contribution in [3.8, 4) is 0 Å². The lowest BCUT2D eigenvalue weighted by Crippen LogP contribution is -2.06. The van der Waals surface area contributed by atoms with Gasteiger partial charge in [0.1, 0.15) is 0 Å². The van der Waals surface area contributed by atoms with Gasteiger partial charge in [-0.1, -0.05) is 24.3 Å². The smallest absolute Gasteiger partial charge is 0.0673 e. The van der Waals surface area contributed by atoms with Gasteiger partial charge in [0.2, 0.25) is 0 Å². The Kier molecular flexibility index (Phi) is 3.25. The van der Waals surface area contributed by atoms with E-state index in [-0.39, 0.29) is 6.04 Å². The van der Waals surface area contributed by atoms with Crippen LogP contribution in [0.25, 0.3) is 0 Å². The van der Waals surface area contributed by atoms with Gasteiger partial charge >= 0.3 is 0 Å². The molecule has 4 nitrogen and oxygen atoms in total. The number of aliphatic imine (C=N–C) groups is 1. The molecule has 0 aliphatic carbocycles. The highest BCUT2D eigenvalue weighted by Crippen LogP contribution is 2.41. The maximum Gasteiger partial charge on any atom is 0.0673 e. The van der Waals surface area contributed by atoms with Gasteiger partial charge in [0, 0.05) is 23.5 Å². The molecule has 26 heavy (non-hydrogen) atoms. The number of fused-ring (bicyclic) bond motifs is 2. The largest absolute Gasteiger partial charge is 0.399 e. The lowest BCUT2D eigenvalue weighted by molar-refractivity contribution is 0.825. The van der Waals surface area contributed by atoms with E-state index in [0.29, 0.717) is 0 Å². The van der Waals surface area contributed by atoms with Crippen LogP contribution in [-0.2, 0) is 12.8 Å². The molecule has 0 saturated heterocycles. The third-order valence-corrected chi connectivity index (χ3v) is 5.20. The standard InChI is InChI=1S/C22H20N4/c23-17-5-1-3-13(7-17)19-9-15-11-22-16(12-21(15)25-19)10-20(26-22)14-4-2-6-18(24)8-14/h1-8,11-12,19,25H,9-10,23-24H2. The second kappa shape index (κ2) is 5.63. The molecule has 1 atom stereocenters. The van der Waals surface area contributed by atoms with Crippen LogP contribution in [0.4, 0.5) is 22.7 Å². The minimum atomic E-state index is 0.272. The Morgan fingerprint density at radius 2 is 1.69 bits per heavy atom. The Hall–Kier alpha value is -3.27. The van der Waals surface area contributed by atoms with Crippen LogP contribution in [0.2, 0.25) is 0 Å². The summed E-state index contributed by atoms with van der Waals surface area (Å²) in [4.78, 5) is 4.87. The number of hydrogen-bond acceptors (Lipinski definition) is 4. The van der Waals surface area contributed by atoms with Crippen LogP contribution in [0, 0.1) is 0 Å². The van der Waals surface area contributed by atoms with Gasteiger partial charge in [0.25, 0.3) is 0 Å². The highest BCUT2D eigenvalue weighted by molar-refractivity contribution is 6.07. The van der Waals surface area contributed by atoms with Gasteiger partial charge in [-0.15, -0.1) is 0 Å². The van der Waals surface area contributed by atoms with Gasteiger partial charge in [-0.25, -0.2) is 0 Å². The normalized spacial score (nSPS) is 17.4. The molecule has 0 fully saturated rings. The Morgan fingerprint density at radius 3 is 2.50 bits per heavy atom. The molecule has 0 spiro atoms. The summed E-state index contributed by atoms with van der Waals surface area (Å²) < 4.78 is 0. The highest BCUT2D eigenvalue weighted by atomic mass is 15.0. The van der Waals surface area contributed by atoms with Gasteiger partial charge in [0.05, 0.1) is 17.4 Å². The topological polar surface area (TPSA) is 76.4 Å². The maximum atomic E-state index is 5.94. The van der Waals surface area contributed by atoms with E-state index >= 15 is 0 Å². The van der Waals surface area contributed by atoms with Crippen LogP contribution in [0.3, 0.4) is 0 Å². The number of nitrogen functional groups attached to an aromatic ring is 2. The zero-order chi connectivity index (χ0) is 17.7. The average molecular weight is 340 g/mol. The van der Waals surface area contributed by atoms with Crippen molar-refractivity contribution >= 4 is 28.5 Å². The van der Waals surface area contributed by atoms with Crippen molar-refractivity contribution in [2.24, 2.45) is 4.99 Å². The predicted molar refractivity (Wildman–Crippen MR) is 108 cm³/mol. The van der Waals surface area contributed by atoms with Crippen molar-refractivity contribution in [1.82, 2.24) is 0 Å². The first-order valence-corrected chi connectivity index (χ1v) is 8.87. The molecule has 0 radical (unpaired) electrons. The van der Waals surface area contributed by atoms with E-state index in [1.165, 1.54) is 22.4 Å². The van der Waals surface area contributed by atoms with Crippen LogP contribution in [-0.4, -0.2) is 5.71 Å². The first-order chi connectivity index (χ1) is 12.7. The summed E-state index contributed by atoms with van der Waals surface area (Å²) >= 11 is 0. The fraction of sp³-hybridized carbons (Fsp3) is 0.136. The lowest BCUT2D eigenvalue weighted by Gasteiger charge is -2.12. The van der Waals surface area contributed by atoms with Crippen molar-refractivity contribution in [1.29, 1.82) is 0 Å². The quantitative estimate of drug-likeness (QED) is 0.611. The zero-order valence-electron chi connectivity index (χ0n) is 14.4. The van der Waals surface area contributed by atoms with E-state index in [4.69, 9.17) is 16.5 Å². The average Bonchev–Trinajstić information content (AvgIpc) is 3.22. The van der Waals surface area contributed by atoms with Crippen LogP contribution >= 0.6 is 0 Å². The molecule has 0 aromatic heterocycles. The second-order valence-electron chi connectivity index (χ2n) is 7.07. The summed E-state index contributed by atoms with van der Waals surface area (Å²) in [5, 5.41) is 3.64. The monoisotopic (exact) mass is 340 g/mol. The molecule has 1 unspecified atom stereocenters.